The Morgan fingerprint density at radius 1 is 1.21 bits per heavy atom. The highest BCUT2D eigenvalue weighted by atomic mass is 16.1. The first-order valence-corrected chi connectivity index (χ1v) is 7.22. The molecule has 5 nitrogen and oxygen atoms in total. The summed E-state index contributed by atoms with van der Waals surface area (Å²) in [7, 11) is 0. The Morgan fingerprint density at radius 2 is 1.95 bits per heavy atom. The Balaban J connectivity index is 1.69. The smallest absolute Gasteiger partial charge is 0.270 e. The van der Waals surface area contributed by atoms with Gasteiger partial charge in [-0.15, -0.1) is 0 Å². The molecule has 102 valence electrons. The lowest BCUT2D eigenvalue weighted by Gasteiger charge is -2.16. The van der Waals surface area contributed by atoms with Crippen LogP contribution in [0.2, 0.25) is 0 Å². The third-order valence-electron chi connectivity index (χ3n) is 3.95. The molecule has 2 fully saturated rings. The fourth-order valence-corrected chi connectivity index (χ4v) is 2.87. The summed E-state index contributed by atoms with van der Waals surface area (Å²) in [6.07, 6.45) is 8.67. The van der Waals surface area contributed by atoms with E-state index in [0.717, 1.165) is 25.9 Å². The van der Waals surface area contributed by atoms with Crippen LogP contribution in [-0.2, 0) is 0 Å². The Labute approximate surface area is 113 Å². The van der Waals surface area contributed by atoms with Crippen molar-refractivity contribution >= 4 is 11.9 Å². The van der Waals surface area contributed by atoms with Crippen molar-refractivity contribution in [3.8, 4) is 0 Å². The summed E-state index contributed by atoms with van der Waals surface area (Å²) in [5.41, 5.74) is 0.490. The lowest BCUT2D eigenvalue weighted by atomic mass is 10.2. The standard InChI is InChI=1S/C14H20N4O/c19-13(16-11-5-1-2-6-11)12-7-8-15-14(17-12)18-9-3-4-10-18/h7-8,11H,1-6,9-10H2,(H,16,19). The van der Waals surface area contributed by atoms with Gasteiger partial charge in [0.1, 0.15) is 5.69 Å². The average Bonchev–Trinajstić information content (AvgIpc) is 3.12. The van der Waals surface area contributed by atoms with Crippen LogP contribution >= 0.6 is 0 Å². The van der Waals surface area contributed by atoms with Gasteiger partial charge in [0.2, 0.25) is 5.95 Å². The van der Waals surface area contributed by atoms with Gasteiger partial charge in [0.15, 0.2) is 0 Å². The molecule has 19 heavy (non-hydrogen) atoms. The maximum absolute atomic E-state index is 12.1. The number of carbonyl (C=O) groups excluding carboxylic acids is 1. The van der Waals surface area contributed by atoms with Crippen molar-refractivity contribution in [2.24, 2.45) is 0 Å². The Bertz CT molecular complexity index is 451. The minimum absolute atomic E-state index is 0.0604. The van der Waals surface area contributed by atoms with E-state index in [0.29, 0.717) is 17.7 Å². The van der Waals surface area contributed by atoms with Crippen LogP contribution in [0.25, 0.3) is 0 Å². The number of carbonyl (C=O) groups is 1. The molecule has 1 N–H and O–H groups in total. The Hall–Kier alpha value is -1.65. The van der Waals surface area contributed by atoms with E-state index in [1.165, 1.54) is 25.7 Å². The molecule has 1 aromatic rings. The lowest BCUT2D eigenvalue weighted by Crippen LogP contribution is -2.33. The third-order valence-corrected chi connectivity index (χ3v) is 3.95. The van der Waals surface area contributed by atoms with Crippen LogP contribution in [0.15, 0.2) is 12.3 Å². The van der Waals surface area contributed by atoms with E-state index in [1.807, 2.05) is 0 Å². The number of hydrogen-bond donors (Lipinski definition) is 1. The minimum Gasteiger partial charge on any atom is -0.348 e. The summed E-state index contributed by atoms with van der Waals surface area (Å²) in [6.45, 7) is 1.99. The maximum atomic E-state index is 12.1. The van der Waals surface area contributed by atoms with Gasteiger partial charge >= 0.3 is 0 Å². The fraction of sp³-hybridized carbons (Fsp3) is 0.643. The normalized spacial score (nSPS) is 19.9. The van der Waals surface area contributed by atoms with Gasteiger partial charge in [-0.2, -0.15) is 0 Å². The summed E-state index contributed by atoms with van der Waals surface area (Å²) >= 11 is 0. The Kier molecular flexibility index (Phi) is 3.62. The lowest BCUT2D eigenvalue weighted by molar-refractivity contribution is 0.0932. The summed E-state index contributed by atoms with van der Waals surface area (Å²) in [6, 6.07) is 2.03. The number of amides is 1. The van der Waals surface area contributed by atoms with Gasteiger partial charge in [0.25, 0.3) is 5.91 Å². The molecule has 0 unspecified atom stereocenters. The van der Waals surface area contributed by atoms with Gasteiger partial charge in [-0.25, -0.2) is 9.97 Å². The van der Waals surface area contributed by atoms with Gasteiger partial charge in [-0.05, 0) is 31.7 Å². The van der Waals surface area contributed by atoms with Gasteiger partial charge in [-0.3, -0.25) is 4.79 Å². The van der Waals surface area contributed by atoms with Crippen LogP contribution in [0.5, 0.6) is 0 Å². The molecule has 0 atom stereocenters. The molecule has 0 spiro atoms. The van der Waals surface area contributed by atoms with Gasteiger partial charge < -0.3 is 10.2 Å². The molecule has 1 aliphatic carbocycles. The highest BCUT2D eigenvalue weighted by Crippen LogP contribution is 2.18. The van der Waals surface area contributed by atoms with E-state index in [-0.39, 0.29) is 5.91 Å². The first-order valence-electron chi connectivity index (χ1n) is 7.22. The summed E-state index contributed by atoms with van der Waals surface area (Å²) in [4.78, 5) is 23.0. The molecule has 1 amide bonds. The zero-order valence-corrected chi connectivity index (χ0v) is 11.1. The topological polar surface area (TPSA) is 58.1 Å². The molecule has 5 heteroatoms. The van der Waals surface area contributed by atoms with Crippen LogP contribution in [0.1, 0.15) is 49.0 Å². The molecule has 2 heterocycles. The number of nitrogens with one attached hydrogen (secondary N) is 1. The quantitative estimate of drug-likeness (QED) is 0.899. The fourth-order valence-electron chi connectivity index (χ4n) is 2.87. The summed E-state index contributed by atoms with van der Waals surface area (Å²) in [5, 5.41) is 3.07. The highest BCUT2D eigenvalue weighted by Gasteiger charge is 2.20. The maximum Gasteiger partial charge on any atom is 0.270 e. The average molecular weight is 260 g/mol. The molecule has 2 aliphatic rings. The van der Waals surface area contributed by atoms with E-state index < -0.39 is 0 Å². The highest BCUT2D eigenvalue weighted by molar-refractivity contribution is 5.92. The predicted molar refractivity (Wildman–Crippen MR) is 73.2 cm³/mol. The first-order chi connectivity index (χ1) is 9.33. The monoisotopic (exact) mass is 260 g/mol. The molecular formula is C14H20N4O. The molecule has 0 bridgehead atoms. The molecular weight excluding hydrogens is 240 g/mol. The summed E-state index contributed by atoms with van der Waals surface area (Å²) < 4.78 is 0. The van der Waals surface area contributed by atoms with Gasteiger partial charge in [0, 0.05) is 25.3 Å². The molecule has 1 aromatic heterocycles. The number of aromatic nitrogens is 2. The van der Waals surface area contributed by atoms with Crippen molar-refractivity contribution in [1.29, 1.82) is 0 Å². The molecule has 3 rings (SSSR count). The van der Waals surface area contributed by atoms with Crippen molar-refractivity contribution in [3.63, 3.8) is 0 Å². The van der Waals surface area contributed by atoms with E-state index in [9.17, 15) is 4.79 Å². The molecule has 1 saturated heterocycles. The second kappa shape index (κ2) is 5.55. The van der Waals surface area contributed by atoms with Gasteiger partial charge in [-0.1, -0.05) is 12.8 Å². The second-order valence-electron chi connectivity index (χ2n) is 5.39. The SMILES string of the molecule is O=C(NC1CCCC1)c1ccnc(N2CCCC2)n1. The third kappa shape index (κ3) is 2.85. The molecule has 1 saturated carbocycles. The minimum atomic E-state index is -0.0604. The molecule has 0 radical (unpaired) electrons. The van der Waals surface area contributed by atoms with Crippen LogP contribution in [0, 0.1) is 0 Å². The number of nitrogens with zero attached hydrogens (tertiary/aromatic N) is 3. The largest absolute Gasteiger partial charge is 0.348 e. The van der Waals surface area contributed by atoms with Crippen molar-refractivity contribution in [1.82, 2.24) is 15.3 Å². The van der Waals surface area contributed by atoms with Crippen molar-refractivity contribution in [3.05, 3.63) is 18.0 Å². The van der Waals surface area contributed by atoms with E-state index in [2.05, 4.69) is 20.2 Å². The van der Waals surface area contributed by atoms with Crippen molar-refractivity contribution < 1.29 is 4.79 Å². The number of rotatable bonds is 3. The van der Waals surface area contributed by atoms with E-state index in [4.69, 9.17) is 0 Å². The Morgan fingerprint density at radius 3 is 2.68 bits per heavy atom. The number of hydrogen-bond acceptors (Lipinski definition) is 4. The van der Waals surface area contributed by atoms with Crippen molar-refractivity contribution in [2.45, 2.75) is 44.6 Å². The molecule has 0 aromatic carbocycles. The van der Waals surface area contributed by atoms with Crippen LogP contribution in [0.3, 0.4) is 0 Å². The van der Waals surface area contributed by atoms with Gasteiger partial charge in [0.05, 0.1) is 0 Å². The zero-order valence-electron chi connectivity index (χ0n) is 11.1. The second-order valence-corrected chi connectivity index (χ2v) is 5.39. The summed E-state index contributed by atoms with van der Waals surface area (Å²) in [5.74, 6) is 0.631. The van der Waals surface area contributed by atoms with E-state index in [1.54, 1.807) is 12.3 Å². The molecule has 1 aliphatic heterocycles. The van der Waals surface area contributed by atoms with E-state index >= 15 is 0 Å². The first kappa shape index (κ1) is 12.4. The number of anilines is 1. The zero-order chi connectivity index (χ0) is 13.1. The van der Waals surface area contributed by atoms with Crippen LogP contribution in [-0.4, -0.2) is 35.0 Å². The van der Waals surface area contributed by atoms with Crippen LogP contribution < -0.4 is 10.2 Å². The predicted octanol–water partition coefficient (Wildman–Crippen LogP) is 1.75. The van der Waals surface area contributed by atoms with Crippen molar-refractivity contribution in [2.75, 3.05) is 18.0 Å². The van der Waals surface area contributed by atoms with Crippen LogP contribution in [0.4, 0.5) is 5.95 Å².